The highest BCUT2D eigenvalue weighted by Crippen LogP contribution is 2.42. The summed E-state index contributed by atoms with van der Waals surface area (Å²) in [6, 6.07) is 5.43. The summed E-state index contributed by atoms with van der Waals surface area (Å²) in [5.74, 6) is 1.49. The van der Waals surface area contributed by atoms with Crippen LogP contribution in [0.1, 0.15) is 24.8 Å². The number of carbonyl (C=O) groups is 1. The number of hydrogen-bond acceptors (Lipinski definition) is 6. The Hall–Kier alpha value is -1.83. The second-order valence-electron chi connectivity index (χ2n) is 7.50. The van der Waals surface area contributed by atoms with E-state index in [-0.39, 0.29) is 25.2 Å². The standard InChI is InChI=1S/C20H30N2O5/c1-26-17-6-3-5-15(18(17)27-2)11-21-9-4-7-20(19(21)25)8-10-22(14-20)16(12-23)13-24/h3,5-6,16,23-24H,4,7-14H2,1-2H3/t20-/m0/s1. The first-order valence-corrected chi connectivity index (χ1v) is 9.53. The Bertz CT molecular complexity index is 664. The van der Waals surface area contributed by atoms with E-state index in [0.29, 0.717) is 24.6 Å². The number of carbonyl (C=O) groups excluding carboxylic acids is 1. The Labute approximate surface area is 160 Å². The number of rotatable bonds is 7. The van der Waals surface area contributed by atoms with Gasteiger partial charge in [0.15, 0.2) is 11.5 Å². The molecule has 1 aromatic carbocycles. The van der Waals surface area contributed by atoms with Crippen LogP contribution in [0.25, 0.3) is 0 Å². The Kier molecular flexibility index (Phi) is 6.24. The van der Waals surface area contributed by atoms with E-state index in [1.165, 1.54) is 0 Å². The van der Waals surface area contributed by atoms with Crippen LogP contribution < -0.4 is 9.47 Å². The first kappa shape index (κ1) is 19.9. The van der Waals surface area contributed by atoms with E-state index in [9.17, 15) is 15.0 Å². The van der Waals surface area contributed by atoms with Crippen molar-refractivity contribution in [3.63, 3.8) is 0 Å². The zero-order valence-corrected chi connectivity index (χ0v) is 16.2. The number of hydrogen-bond donors (Lipinski definition) is 2. The molecule has 0 aromatic heterocycles. The molecule has 2 aliphatic rings. The molecule has 150 valence electrons. The van der Waals surface area contributed by atoms with E-state index in [1.807, 2.05) is 28.0 Å². The molecular formula is C20H30N2O5. The minimum Gasteiger partial charge on any atom is -0.493 e. The number of para-hydroxylation sites is 1. The van der Waals surface area contributed by atoms with Crippen LogP contribution in [0, 0.1) is 5.41 Å². The van der Waals surface area contributed by atoms with Crippen LogP contribution >= 0.6 is 0 Å². The lowest BCUT2D eigenvalue weighted by molar-refractivity contribution is -0.146. The van der Waals surface area contributed by atoms with E-state index < -0.39 is 5.41 Å². The number of aliphatic hydroxyl groups excluding tert-OH is 2. The molecule has 2 N–H and O–H groups in total. The van der Waals surface area contributed by atoms with Crippen molar-refractivity contribution in [2.24, 2.45) is 5.41 Å². The molecule has 3 rings (SSSR count). The van der Waals surface area contributed by atoms with E-state index in [2.05, 4.69) is 0 Å². The number of methoxy groups -OCH3 is 2. The van der Waals surface area contributed by atoms with Gasteiger partial charge in [-0.25, -0.2) is 0 Å². The number of benzene rings is 1. The van der Waals surface area contributed by atoms with Crippen molar-refractivity contribution in [1.29, 1.82) is 0 Å². The zero-order chi connectivity index (χ0) is 19.4. The summed E-state index contributed by atoms with van der Waals surface area (Å²) >= 11 is 0. The average Bonchev–Trinajstić information content (AvgIpc) is 3.11. The summed E-state index contributed by atoms with van der Waals surface area (Å²) in [6.45, 7) is 2.36. The van der Waals surface area contributed by atoms with Gasteiger partial charge < -0.3 is 24.6 Å². The van der Waals surface area contributed by atoms with Crippen LogP contribution in [0.4, 0.5) is 0 Å². The number of piperidine rings is 1. The molecule has 2 heterocycles. The van der Waals surface area contributed by atoms with E-state index >= 15 is 0 Å². The summed E-state index contributed by atoms with van der Waals surface area (Å²) in [5, 5.41) is 18.9. The Morgan fingerprint density at radius 1 is 1.15 bits per heavy atom. The van der Waals surface area contributed by atoms with Crippen LogP contribution in [0.2, 0.25) is 0 Å². The van der Waals surface area contributed by atoms with Gasteiger partial charge in [0.1, 0.15) is 0 Å². The Balaban J connectivity index is 1.77. The summed E-state index contributed by atoms with van der Waals surface area (Å²) in [6.07, 6.45) is 2.58. The van der Waals surface area contributed by atoms with Crippen molar-refractivity contribution < 1.29 is 24.5 Å². The lowest BCUT2D eigenvalue weighted by Gasteiger charge is -2.40. The molecule has 0 unspecified atom stereocenters. The molecule has 1 amide bonds. The first-order chi connectivity index (χ1) is 13.1. The summed E-state index contributed by atoms with van der Waals surface area (Å²) in [4.78, 5) is 17.3. The molecule has 2 fully saturated rings. The highest BCUT2D eigenvalue weighted by Gasteiger charge is 2.49. The second-order valence-corrected chi connectivity index (χ2v) is 7.50. The SMILES string of the molecule is COc1cccc(CN2CCC[C@@]3(CCN(C(CO)CO)C3)C2=O)c1OC. The van der Waals surface area contributed by atoms with Crippen molar-refractivity contribution in [3.8, 4) is 11.5 Å². The fourth-order valence-corrected chi connectivity index (χ4v) is 4.47. The van der Waals surface area contributed by atoms with Gasteiger partial charge in [-0.3, -0.25) is 9.69 Å². The number of aliphatic hydroxyl groups is 2. The molecule has 0 aliphatic carbocycles. The van der Waals surface area contributed by atoms with E-state index in [0.717, 1.165) is 37.9 Å². The van der Waals surface area contributed by atoms with E-state index in [4.69, 9.17) is 9.47 Å². The van der Waals surface area contributed by atoms with Gasteiger partial charge in [-0.1, -0.05) is 12.1 Å². The highest BCUT2D eigenvalue weighted by atomic mass is 16.5. The Morgan fingerprint density at radius 3 is 2.59 bits per heavy atom. The fraction of sp³-hybridized carbons (Fsp3) is 0.650. The smallest absolute Gasteiger partial charge is 0.230 e. The third kappa shape index (κ3) is 3.77. The maximum Gasteiger partial charge on any atom is 0.230 e. The molecular weight excluding hydrogens is 348 g/mol. The van der Waals surface area contributed by atoms with Crippen molar-refractivity contribution in [1.82, 2.24) is 9.80 Å². The predicted molar refractivity (Wildman–Crippen MR) is 101 cm³/mol. The minimum atomic E-state index is -0.410. The lowest BCUT2D eigenvalue weighted by Crippen LogP contribution is -2.50. The molecule has 0 radical (unpaired) electrons. The average molecular weight is 378 g/mol. The van der Waals surface area contributed by atoms with Gasteiger partial charge in [0, 0.05) is 25.2 Å². The zero-order valence-electron chi connectivity index (χ0n) is 16.2. The normalized spacial score (nSPS) is 23.4. The van der Waals surface area contributed by atoms with Gasteiger partial charge in [0.2, 0.25) is 5.91 Å². The summed E-state index contributed by atoms with van der Waals surface area (Å²) < 4.78 is 10.9. The van der Waals surface area contributed by atoms with Crippen LogP contribution in [-0.2, 0) is 11.3 Å². The van der Waals surface area contributed by atoms with Gasteiger partial charge in [0.05, 0.1) is 38.9 Å². The van der Waals surface area contributed by atoms with Gasteiger partial charge in [-0.15, -0.1) is 0 Å². The van der Waals surface area contributed by atoms with Crippen molar-refractivity contribution in [3.05, 3.63) is 23.8 Å². The van der Waals surface area contributed by atoms with Crippen molar-refractivity contribution >= 4 is 5.91 Å². The summed E-state index contributed by atoms with van der Waals surface area (Å²) in [7, 11) is 3.22. The maximum absolute atomic E-state index is 13.4. The van der Waals surface area contributed by atoms with Crippen LogP contribution in [0.3, 0.4) is 0 Å². The number of nitrogens with zero attached hydrogens (tertiary/aromatic N) is 2. The monoisotopic (exact) mass is 378 g/mol. The molecule has 0 bridgehead atoms. The molecule has 1 spiro atoms. The fourth-order valence-electron chi connectivity index (χ4n) is 4.47. The molecule has 2 aliphatic heterocycles. The van der Waals surface area contributed by atoms with Gasteiger partial charge in [-0.05, 0) is 31.9 Å². The van der Waals surface area contributed by atoms with Crippen LogP contribution in [0.15, 0.2) is 18.2 Å². The lowest BCUT2D eigenvalue weighted by atomic mass is 9.78. The topological polar surface area (TPSA) is 82.5 Å². The molecule has 2 saturated heterocycles. The summed E-state index contributed by atoms with van der Waals surface area (Å²) in [5.41, 5.74) is 0.521. The number of likely N-dealkylation sites (tertiary alicyclic amines) is 2. The number of ether oxygens (including phenoxy) is 2. The molecule has 1 aromatic rings. The van der Waals surface area contributed by atoms with Crippen molar-refractivity contribution in [2.45, 2.75) is 31.8 Å². The number of amides is 1. The predicted octanol–water partition coefficient (Wildman–Crippen LogP) is 0.872. The maximum atomic E-state index is 13.4. The third-order valence-corrected chi connectivity index (χ3v) is 5.99. The third-order valence-electron chi connectivity index (χ3n) is 5.99. The molecule has 7 nitrogen and oxygen atoms in total. The highest BCUT2D eigenvalue weighted by molar-refractivity contribution is 5.84. The van der Waals surface area contributed by atoms with E-state index in [1.54, 1.807) is 14.2 Å². The van der Waals surface area contributed by atoms with Gasteiger partial charge in [-0.2, -0.15) is 0 Å². The second kappa shape index (κ2) is 8.46. The Morgan fingerprint density at radius 2 is 1.93 bits per heavy atom. The molecule has 27 heavy (non-hydrogen) atoms. The van der Waals surface area contributed by atoms with Crippen molar-refractivity contribution in [2.75, 3.05) is 47.1 Å². The first-order valence-electron chi connectivity index (χ1n) is 9.53. The molecule has 1 atom stereocenters. The van der Waals surface area contributed by atoms with Crippen LogP contribution in [0.5, 0.6) is 11.5 Å². The quantitative estimate of drug-likeness (QED) is 0.733. The molecule has 0 saturated carbocycles. The minimum absolute atomic E-state index is 0.0918. The van der Waals surface area contributed by atoms with Gasteiger partial charge in [0.25, 0.3) is 0 Å². The largest absolute Gasteiger partial charge is 0.493 e. The van der Waals surface area contributed by atoms with Crippen LogP contribution in [-0.4, -0.2) is 79.0 Å². The molecule has 7 heteroatoms. The van der Waals surface area contributed by atoms with Gasteiger partial charge >= 0.3 is 0 Å².